The number of carboxylic acid groups (broad SMARTS) is 1. The third-order valence-corrected chi connectivity index (χ3v) is 11.5. The maximum atomic E-state index is 14.1. The van der Waals surface area contributed by atoms with Crippen LogP contribution in [0.1, 0.15) is 101 Å². The molecule has 3 heterocycles. The van der Waals surface area contributed by atoms with Crippen LogP contribution in [0.3, 0.4) is 0 Å². The first-order valence-electron chi connectivity index (χ1n) is 22.6. The Bertz CT molecular complexity index is 2690. The first-order chi connectivity index (χ1) is 32.3. The van der Waals surface area contributed by atoms with E-state index >= 15 is 0 Å². The van der Waals surface area contributed by atoms with Gasteiger partial charge >= 0.3 is 18.2 Å². The molecule has 0 saturated carbocycles. The molecule has 4 aromatic carbocycles. The van der Waals surface area contributed by atoms with Crippen molar-refractivity contribution in [3.05, 3.63) is 120 Å². The van der Waals surface area contributed by atoms with E-state index in [2.05, 4.69) is 26.3 Å². The Kier molecular flexibility index (Phi) is 14.2. The molecule has 0 bridgehead atoms. The second-order valence-corrected chi connectivity index (χ2v) is 18.9. The van der Waals surface area contributed by atoms with Gasteiger partial charge in [0.05, 0.1) is 11.3 Å². The number of benzene rings is 4. The van der Waals surface area contributed by atoms with Crippen molar-refractivity contribution in [3.8, 4) is 11.3 Å². The van der Waals surface area contributed by atoms with E-state index in [9.17, 15) is 38.7 Å². The predicted molar refractivity (Wildman–Crippen MR) is 255 cm³/mol. The molecule has 2 fully saturated rings. The molecule has 1 aromatic heterocycles. The zero-order valence-electron chi connectivity index (χ0n) is 38.9. The molecule has 2 saturated heterocycles. The summed E-state index contributed by atoms with van der Waals surface area (Å²) in [4.78, 5) is 100. The number of ether oxygens (including phenoxy) is 2. The molecule has 1 unspecified atom stereocenters. The summed E-state index contributed by atoms with van der Waals surface area (Å²) in [5.74, 6) is -3.03. The number of nitrogens with zero attached hydrogens (tertiary/aromatic N) is 2. The highest BCUT2D eigenvalue weighted by molar-refractivity contribution is 6.11. The second-order valence-electron chi connectivity index (χ2n) is 18.9. The van der Waals surface area contributed by atoms with Crippen LogP contribution in [0, 0.1) is 0 Å². The molecule has 17 heteroatoms. The molecule has 7 rings (SSSR count). The van der Waals surface area contributed by atoms with Gasteiger partial charge < -0.3 is 50.6 Å². The number of H-pyrrole nitrogens is 1. The summed E-state index contributed by atoms with van der Waals surface area (Å²) in [6, 6.07) is 25.0. The van der Waals surface area contributed by atoms with E-state index in [4.69, 9.17) is 9.47 Å². The number of likely N-dealkylation sites (tertiary alicyclic amines) is 2. The molecule has 6 N–H and O–H groups in total. The van der Waals surface area contributed by atoms with Gasteiger partial charge in [-0.05, 0) is 114 Å². The summed E-state index contributed by atoms with van der Waals surface area (Å²) in [5.41, 5.74) is 1.44. The Hall–Kier alpha value is -7.69. The Labute approximate surface area is 393 Å². The van der Waals surface area contributed by atoms with Crippen molar-refractivity contribution in [3.63, 3.8) is 0 Å². The van der Waals surface area contributed by atoms with Crippen LogP contribution in [-0.2, 0) is 28.7 Å². The van der Waals surface area contributed by atoms with Gasteiger partial charge in [0.15, 0.2) is 0 Å². The molecular formula is C51H57N7O10. The Morgan fingerprint density at radius 3 is 1.50 bits per heavy atom. The van der Waals surface area contributed by atoms with Gasteiger partial charge in [-0.1, -0.05) is 72.8 Å². The third kappa shape index (κ3) is 11.5. The highest BCUT2D eigenvalue weighted by atomic mass is 16.6. The lowest BCUT2D eigenvalue weighted by Crippen LogP contribution is -2.49. The van der Waals surface area contributed by atoms with E-state index in [1.54, 1.807) is 145 Å². The van der Waals surface area contributed by atoms with Crippen molar-refractivity contribution in [2.24, 2.45) is 0 Å². The number of hydrogen-bond donors (Lipinski definition) is 6. The quantitative estimate of drug-likeness (QED) is 0.0708. The zero-order chi connectivity index (χ0) is 48.9. The smallest absolute Gasteiger partial charge is 0.408 e. The largest absolute Gasteiger partial charge is 0.478 e. The van der Waals surface area contributed by atoms with E-state index in [1.165, 1.54) is 9.80 Å². The lowest BCUT2D eigenvalue weighted by Gasteiger charge is -2.29. The van der Waals surface area contributed by atoms with Crippen LogP contribution < -0.4 is 21.3 Å². The van der Waals surface area contributed by atoms with Gasteiger partial charge in [0.25, 0.3) is 11.8 Å². The number of amides is 6. The third-order valence-electron chi connectivity index (χ3n) is 11.5. The predicted octanol–water partition coefficient (Wildman–Crippen LogP) is 7.92. The molecule has 0 aliphatic carbocycles. The fraction of sp³-hybridized carbons (Fsp3) is 0.353. The number of fused-ring (bicyclic) bond motifs is 1. The van der Waals surface area contributed by atoms with Crippen LogP contribution in [0.5, 0.6) is 0 Å². The Morgan fingerprint density at radius 1 is 0.618 bits per heavy atom. The van der Waals surface area contributed by atoms with Crippen molar-refractivity contribution >= 4 is 64.1 Å². The molecule has 356 valence electrons. The maximum Gasteiger partial charge on any atom is 0.408 e. The highest BCUT2D eigenvalue weighted by Gasteiger charge is 2.40. The number of hydrogen-bond acceptors (Lipinski definition) is 9. The van der Waals surface area contributed by atoms with Crippen molar-refractivity contribution < 1.29 is 48.1 Å². The summed E-state index contributed by atoms with van der Waals surface area (Å²) < 4.78 is 10.9. The fourth-order valence-electron chi connectivity index (χ4n) is 8.53. The lowest BCUT2D eigenvalue weighted by atomic mass is 10.0. The van der Waals surface area contributed by atoms with E-state index in [0.29, 0.717) is 76.9 Å². The monoisotopic (exact) mass is 927 g/mol. The molecule has 4 atom stereocenters. The van der Waals surface area contributed by atoms with Crippen molar-refractivity contribution in [1.82, 2.24) is 25.4 Å². The summed E-state index contributed by atoms with van der Waals surface area (Å²) in [6.45, 7) is 10.9. The molecule has 2 aliphatic rings. The SMILES string of the molecule is CC(C)(C)OC(=O)N[C@H](C(=O)N1CCCC1C(=O)Nc1ccc2[nH]c(-c3ccc(NC(=O)[C@@H]4CCCN4C(=O)[C@H](NC(=O)OC(C)(C)C)c4ccccc4)cc3)c(C(=O)O)c2c1)c1ccccc1. The number of alkyl carbamates (subject to hydrolysis) is 2. The van der Waals surface area contributed by atoms with Crippen LogP contribution in [0.25, 0.3) is 22.2 Å². The van der Waals surface area contributed by atoms with Crippen LogP contribution >= 0.6 is 0 Å². The number of carbonyl (C=O) groups is 7. The van der Waals surface area contributed by atoms with Crippen LogP contribution in [0.15, 0.2) is 103 Å². The minimum absolute atomic E-state index is 0.0439. The van der Waals surface area contributed by atoms with Gasteiger partial charge in [-0.15, -0.1) is 0 Å². The van der Waals surface area contributed by atoms with Gasteiger partial charge in [0, 0.05) is 35.4 Å². The van der Waals surface area contributed by atoms with E-state index in [0.717, 1.165) is 0 Å². The van der Waals surface area contributed by atoms with E-state index < -0.39 is 77.2 Å². The molecule has 6 amide bonds. The first-order valence-corrected chi connectivity index (χ1v) is 22.6. The number of aromatic amines is 1. The summed E-state index contributed by atoms with van der Waals surface area (Å²) in [5, 5.41) is 22.0. The normalized spacial score (nSPS) is 16.9. The second kappa shape index (κ2) is 20.0. The number of carboxylic acids is 1. The molecule has 0 radical (unpaired) electrons. The van der Waals surface area contributed by atoms with Crippen LogP contribution in [0.2, 0.25) is 0 Å². The van der Waals surface area contributed by atoms with Gasteiger partial charge in [-0.25, -0.2) is 14.4 Å². The fourth-order valence-corrected chi connectivity index (χ4v) is 8.53. The van der Waals surface area contributed by atoms with Crippen molar-refractivity contribution in [1.29, 1.82) is 0 Å². The van der Waals surface area contributed by atoms with Crippen molar-refractivity contribution in [2.75, 3.05) is 23.7 Å². The van der Waals surface area contributed by atoms with E-state index in [-0.39, 0.29) is 12.1 Å². The van der Waals surface area contributed by atoms with Crippen LogP contribution in [0.4, 0.5) is 21.0 Å². The van der Waals surface area contributed by atoms with E-state index in [1.807, 2.05) is 0 Å². The van der Waals surface area contributed by atoms with Crippen molar-refractivity contribution in [2.45, 2.75) is 103 Å². The van der Waals surface area contributed by atoms with Gasteiger partial charge in [-0.3, -0.25) is 19.2 Å². The minimum atomic E-state index is -1.22. The molecule has 17 nitrogen and oxygen atoms in total. The van der Waals surface area contributed by atoms with Gasteiger partial charge in [-0.2, -0.15) is 0 Å². The molecular weight excluding hydrogens is 871 g/mol. The standard InChI is InChI=1S/C51H57N7O10/c1-50(2,3)67-48(65)55-41(30-15-9-7-10-16-30)45(61)57-27-13-19-37(57)43(59)52-33-23-21-32(22-24-33)40-39(47(63)64)35-29-34(25-26-36(35)54-40)53-44(60)38-20-14-28-58(38)46(62)42(31-17-11-8-12-18-31)56-49(66)68-51(4,5)6/h7-12,15-18,21-26,29,37-38,41-42,54H,13-14,19-20,27-28H2,1-6H3,(H,52,59)(H,53,60)(H,55,65)(H,56,66)(H,63,64)/t37-,38?,41+,42-/m0/s1. The van der Waals surface area contributed by atoms with Crippen LogP contribution in [-0.4, -0.2) is 98.1 Å². The molecule has 68 heavy (non-hydrogen) atoms. The summed E-state index contributed by atoms with van der Waals surface area (Å²) >= 11 is 0. The highest BCUT2D eigenvalue weighted by Crippen LogP contribution is 2.34. The molecule has 2 aliphatic heterocycles. The maximum absolute atomic E-state index is 14.1. The molecule has 0 spiro atoms. The number of carbonyl (C=O) groups excluding carboxylic acids is 6. The zero-order valence-corrected chi connectivity index (χ0v) is 38.9. The Balaban J connectivity index is 1.04. The number of aromatic carboxylic acids is 1. The Morgan fingerprint density at radius 2 is 1.06 bits per heavy atom. The number of aromatic nitrogens is 1. The summed E-state index contributed by atoms with van der Waals surface area (Å²) in [6.07, 6.45) is 0.359. The first kappa shape index (κ1) is 48.2. The minimum Gasteiger partial charge on any atom is -0.478 e. The van der Waals surface area contributed by atoms with Gasteiger partial charge in [0.1, 0.15) is 35.4 Å². The summed E-state index contributed by atoms with van der Waals surface area (Å²) in [7, 11) is 0. The number of rotatable bonds is 12. The lowest BCUT2D eigenvalue weighted by molar-refractivity contribution is -0.138. The topological polar surface area (TPSA) is 229 Å². The number of anilines is 2. The number of nitrogens with one attached hydrogen (secondary N) is 5. The molecule has 5 aromatic rings. The van der Waals surface area contributed by atoms with Gasteiger partial charge in [0.2, 0.25) is 11.8 Å². The average molecular weight is 928 g/mol. The average Bonchev–Trinajstić information content (AvgIpc) is 4.06.